The third-order valence-electron chi connectivity index (χ3n) is 5.37. The molecule has 0 unspecified atom stereocenters. The van der Waals surface area contributed by atoms with Crippen LogP contribution in [0.4, 0.5) is 23.3 Å². The number of nitrogens with zero attached hydrogens (tertiary/aromatic N) is 4. The van der Waals surface area contributed by atoms with E-state index in [1.165, 1.54) is 24.3 Å². The summed E-state index contributed by atoms with van der Waals surface area (Å²) in [5.74, 6) is 2.29. The van der Waals surface area contributed by atoms with Gasteiger partial charge in [-0.25, -0.2) is 36.8 Å². The first kappa shape index (κ1) is 49.7. The van der Waals surface area contributed by atoms with Crippen LogP contribution in [-0.4, -0.2) is 45.9 Å². The molecule has 0 aliphatic carbocycles. The molecule has 0 saturated carbocycles. The van der Waals surface area contributed by atoms with Gasteiger partial charge < -0.3 is 32.0 Å². The molecule has 0 fully saturated rings. The van der Waals surface area contributed by atoms with Crippen LogP contribution >= 0.6 is 0 Å². The molecule has 4 aromatic heterocycles. The van der Waals surface area contributed by atoms with Crippen molar-refractivity contribution in [3.05, 3.63) is 157 Å². The van der Waals surface area contributed by atoms with Gasteiger partial charge in [0.1, 0.15) is 43.5 Å². The molecule has 6 aromatic rings. The molecule has 0 aliphatic heterocycles. The van der Waals surface area contributed by atoms with Crippen LogP contribution in [0.25, 0.3) is 0 Å². The Labute approximate surface area is 335 Å². The molecule has 6 rings (SSSR count). The zero-order valence-corrected chi connectivity index (χ0v) is 32.4. The van der Waals surface area contributed by atoms with Crippen LogP contribution in [0, 0.1) is 13.8 Å². The van der Waals surface area contributed by atoms with Crippen LogP contribution in [-0.2, 0) is 65.0 Å². The number of nitrogens with two attached hydrogens (primary N) is 4. The molecular weight excluding hydrogens is 896 g/mol. The monoisotopic (exact) mass is 932 g/mol. The van der Waals surface area contributed by atoms with E-state index in [1.54, 1.807) is 73.3 Å². The van der Waals surface area contributed by atoms with Gasteiger partial charge in [-0.05, 0) is 86.6 Å². The number of hydrogen-bond donors (Lipinski definition) is 4. The molecule has 0 bridgehead atoms. The summed E-state index contributed by atoms with van der Waals surface area (Å²) in [7, 11) is -8.54. The minimum Gasteiger partial charge on any atom is -0.744 e. The third kappa shape index (κ3) is 25.5. The summed E-state index contributed by atoms with van der Waals surface area (Å²) >= 11 is 0. The first-order chi connectivity index (χ1) is 23.6. The maximum atomic E-state index is 10.4. The summed E-state index contributed by atoms with van der Waals surface area (Å²) in [5.41, 5.74) is 22.8. The molecule has 8 N–H and O–H groups in total. The van der Waals surface area contributed by atoms with E-state index in [2.05, 4.69) is 19.9 Å². The van der Waals surface area contributed by atoms with Gasteiger partial charge in [0.15, 0.2) is 0 Å². The van der Waals surface area contributed by atoms with Crippen molar-refractivity contribution >= 4 is 43.5 Å². The van der Waals surface area contributed by atoms with Crippen LogP contribution in [0.15, 0.2) is 156 Å². The van der Waals surface area contributed by atoms with Crippen molar-refractivity contribution < 1.29 is 70.7 Å². The average Bonchev–Trinajstić information content (AvgIpc) is 3.07. The molecule has 14 nitrogen and oxygen atoms in total. The predicted octanol–water partition coefficient (Wildman–Crippen LogP) is 4.45. The quantitative estimate of drug-likeness (QED) is 0.138. The van der Waals surface area contributed by atoms with Gasteiger partial charge in [0.2, 0.25) is 0 Å². The predicted molar refractivity (Wildman–Crippen MR) is 193 cm³/mol. The standard InChI is InChI=1S/2C7H8O3S.4C5H6N2.2Ag/c2*1-6-2-4-7(5-3-6)11(8,9)10;4*6-5-3-1-2-4-7-5;;/h2*2-5H,1H3,(H,8,9,10);4*1-4H,(H2,6,7);;/q;;;;;;2*+1/p-2. The maximum absolute atomic E-state index is 10.4. The molecule has 0 amide bonds. The minimum atomic E-state index is -4.27. The Morgan fingerprint density at radius 2 is 0.615 bits per heavy atom. The van der Waals surface area contributed by atoms with Crippen molar-refractivity contribution in [2.24, 2.45) is 0 Å². The fraction of sp³-hybridized carbons (Fsp3) is 0.0588. The smallest absolute Gasteiger partial charge is 0.744 e. The molecule has 2 aromatic carbocycles. The van der Waals surface area contributed by atoms with E-state index < -0.39 is 20.2 Å². The van der Waals surface area contributed by atoms with Gasteiger partial charge in [-0.15, -0.1) is 0 Å². The molecule has 0 atom stereocenters. The molecule has 18 heteroatoms. The van der Waals surface area contributed by atoms with Gasteiger partial charge in [-0.3, -0.25) is 0 Å². The SMILES string of the molecule is Cc1ccc(S(=O)(=O)[O-])cc1.Cc1ccc(S(=O)(=O)[O-])cc1.Nc1ccccn1.Nc1ccccn1.Nc1ccccn1.Nc1ccccn1.[Ag+].[Ag+]. The molecule has 0 radical (unpaired) electrons. The number of nitrogen functional groups attached to an aromatic ring is 4. The number of anilines is 4. The number of benzene rings is 2. The topological polar surface area (TPSA) is 270 Å². The molecule has 284 valence electrons. The van der Waals surface area contributed by atoms with E-state index >= 15 is 0 Å². The Kier molecular flexibility index (Phi) is 26.0. The van der Waals surface area contributed by atoms with E-state index in [4.69, 9.17) is 22.9 Å². The van der Waals surface area contributed by atoms with Crippen LogP contribution < -0.4 is 22.9 Å². The Morgan fingerprint density at radius 3 is 0.731 bits per heavy atom. The first-order valence-corrected chi connectivity index (χ1v) is 17.1. The van der Waals surface area contributed by atoms with Crippen molar-refractivity contribution in [1.82, 2.24) is 19.9 Å². The van der Waals surface area contributed by atoms with Gasteiger partial charge >= 0.3 is 44.8 Å². The van der Waals surface area contributed by atoms with E-state index in [1.807, 2.05) is 62.4 Å². The zero-order valence-electron chi connectivity index (χ0n) is 27.8. The molecular formula is C34H38Ag2N8O6S2. The first-order valence-electron chi connectivity index (χ1n) is 14.3. The summed E-state index contributed by atoms with van der Waals surface area (Å²) in [6.07, 6.45) is 6.65. The zero-order chi connectivity index (χ0) is 37.4. The van der Waals surface area contributed by atoms with Gasteiger partial charge in [0.05, 0.1) is 9.79 Å². The van der Waals surface area contributed by atoms with Crippen molar-refractivity contribution in [1.29, 1.82) is 0 Å². The number of hydrogen-bond acceptors (Lipinski definition) is 14. The summed E-state index contributed by atoms with van der Waals surface area (Å²) in [6, 6.07) is 33.3. The van der Waals surface area contributed by atoms with E-state index in [0.717, 1.165) is 11.1 Å². The van der Waals surface area contributed by atoms with Crippen molar-refractivity contribution in [3.8, 4) is 0 Å². The van der Waals surface area contributed by atoms with Gasteiger partial charge in [-0.1, -0.05) is 59.7 Å². The Balaban J connectivity index is 0. The number of pyridine rings is 4. The average molecular weight is 935 g/mol. The largest absolute Gasteiger partial charge is 1.00 e. The molecule has 0 spiro atoms. The number of aryl methyl sites for hydroxylation is 2. The Morgan fingerprint density at radius 1 is 0.404 bits per heavy atom. The van der Waals surface area contributed by atoms with Crippen molar-refractivity contribution in [3.63, 3.8) is 0 Å². The third-order valence-corrected chi connectivity index (χ3v) is 7.07. The van der Waals surface area contributed by atoms with Crippen LogP contribution in [0.2, 0.25) is 0 Å². The molecule has 0 aliphatic rings. The number of rotatable bonds is 2. The van der Waals surface area contributed by atoms with Crippen LogP contribution in [0.1, 0.15) is 11.1 Å². The Bertz CT molecular complexity index is 1770. The summed E-state index contributed by atoms with van der Waals surface area (Å²) in [4.78, 5) is 14.7. The van der Waals surface area contributed by atoms with Gasteiger partial charge in [0.25, 0.3) is 0 Å². The summed E-state index contributed by atoms with van der Waals surface area (Å²) < 4.78 is 62.3. The van der Waals surface area contributed by atoms with Crippen LogP contribution in [0.5, 0.6) is 0 Å². The van der Waals surface area contributed by atoms with E-state index in [-0.39, 0.29) is 54.6 Å². The second-order valence-electron chi connectivity index (χ2n) is 9.55. The van der Waals surface area contributed by atoms with Crippen LogP contribution in [0.3, 0.4) is 0 Å². The summed E-state index contributed by atoms with van der Waals surface area (Å²) in [6.45, 7) is 3.64. The Hall–Kier alpha value is -4.46. The second-order valence-corrected chi connectivity index (χ2v) is 12.3. The maximum Gasteiger partial charge on any atom is 1.00 e. The van der Waals surface area contributed by atoms with Crippen molar-refractivity contribution in [2.75, 3.05) is 22.9 Å². The number of aromatic nitrogens is 4. The van der Waals surface area contributed by atoms with E-state index in [0.29, 0.717) is 23.3 Å². The summed E-state index contributed by atoms with van der Waals surface area (Å²) in [5, 5.41) is 0. The fourth-order valence-electron chi connectivity index (χ4n) is 2.91. The molecule has 52 heavy (non-hydrogen) atoms. The second kappa shape index (κ2) is 27.2. The van der Waals surface area contributed by atoms with Crippen molar-refractivity contribution in [2.45, 2.75) is 23.6 Å². The molecule has 4 heterocycles. The van der Waals surface area contributed by atoms with E-state index in [9.17, 15) is 25.9 Å². The van der Waals surface area contributed by atoms with Gasteiger partial charge in [0, 0.05) is 24.8 Å². The molecule has 0 saturated heterocycles. The fourth-order valence-corrected chi connectivity index (χ4v) is 3.85. The normalized spacial score (nSPS) is 9.46. The minimum absolute atomic E-state index is 0. The van der Waals surface area contributed by atoms with Gasteiger partial charge in [-0.2, -0.15) is 0 Å².